The van der Waals surface area contributed by atoms with Crippen molar-refractivity contribution in [1.82, 2.24) is 14.9 Å². The fourth-order valence-electron chi connectivity index (χ4n) is 3.22. The number of carbonyl (C=O) groups is 1. The molecular formula is C22H20N4O. The second-order valence-electron chi connectivity index (χ2n) is 6.37. The fourth-order valence-corrected chi connectivity index (χ4v) is 3.22. The second kappa shape index (κ2) is 7.33. The van der Waals surface area contributed by atoms with Crippen molar-refractivity contribution in [2.24, 2.45) is 7.05 Å². The fraction of sp³-hybridized carbons (Fsp3) is 0.0909. The van der Waals surface area contributed by atoms with E-state index in [1.165, 1.54) is 0 Å². The first-order valence-corrected chi connectivity index (χ1v) is 8.80. The van der Waals surface area contributed by atoms with Gasteiger partial charge in [0.15, 0.2) is 0 Å². The number of urea groups is 1. The van der Waals surface area contributed by atoms with Crippen LogP contribution in [0.1, 0.15) is 17.4 Å². The van der Waals surface area contributed by atoms with Crippen LogP contribution in [0.15, 0.2) is 85.2 Å². The van der Waals surface area contributed by atoms with Gasteiger partial charge in [0.1, 0.15) is 11.9 Å². The summed E-state index contributed by atoms with van der Waals surface area (Å²) >= 11 is 0. The highest BCUT2D eigenvalue weighted by atomic mass is 16.2. The van der Waals surface area contributed by atoms with Gasteiger partial charge in [0.25, 0.3) is 0 Å². The van der Waals surface area contributed by atoms with Crippen LogP contribution in [-0.4, -0.2) is 15.6 Å². The quantitative estimate of drug-likeness (QED) is 0.566. The van der Waals surface area contributed by atoms with Crippen LogP contribution in [0.4, 0.5) is 10.5 Å². The van der Waals surface area contributed by atoms with Crippen molar-refractivity contribution < 1.29 is 4.79 Å². The number of fused-ring (bicyclic) bond motifs is 1. The largest absolute Gasteiger partial charge is 0.336 e. The minimum Gasteiger partial charge on any atom is -0.336 e. The Bertz CT molecular complexity index is 1070. The molecule has 0 saturated carbocycles. The molecule has 4 rings (SSSR count). The van der Waals surface area contributed by atoms with Gasteiger partial charge in [0.05, 0.1) is 5.69 Å². The standard InChI is InChI=1S/C22H20N4O/c1-26-15-14-23-21(26)20(17-9-3-2-4-10-17)25-22(27)24-19-13-7-11-16-8-5-6-12-18(16)19/h2-15,20H,1H3,(H2,24,25,27). The average molecular weight is 356 g/mol. The van der Waals surface area contributed by atoms with E-state index >= 15 is 0 Å². The van der Waals surface area contributed by atoms with Crippen molar-refractivity contribution in [2.45, 2.75) is 6.04 Å². The lowest BCUT2D eigenvalue weighted by Crippen LogP contribution is -2.34. The van der Waals surface area contributed by atoms with Crippen molar-refractivity contribution in [3.05, 3.63) is 96.6 Å². The van der Waals surface area contributed by atoms with Crippen LogP contribution in [-0.2, 0) is 7.05 Å². The van der Waals surface area contributed by atoms with E-state index in [1.54, 1.807) is 6.20 Å². The smallest absolute Gasteiger partial charge is 0.320 e. The molecule has 3 aromatic carbocycles. The molecule has 4 aromatic rings. The lowest BCUT2D eigenvalue weighted by atomic mass is 10.1. The van der Waals surface area contributed by atoms with E-state index in [2.05, 4.69) is 15.6 Å². The molecule has 2 N–H and O–H groups in total. The molecular weight excluding hydrogens is 336 g/mol. The van der Waals surface area contributed by atoms with Gasteiger partial charge in [-0.15, -0.1) is 0 Å². The minimum atomic E-state index is -0.346. The third-order valence-electron chi connectivity index (χ3n) is 4.56. The zero-order valence-corrected chi connectivity index (χ0v) is 15.0. The van der Waals surface area contributed by atoms with Gasteiger partial charge in [-0.3, -0.25) is 0 Å². The minimum absolute atomic E-state index is 0.275. The molecule has 2 amide bonds. The molecule has 0 radical (unpaired) electrons. The van der Waals surface area contributed by atoms with E-state index in [0.29, 0.717) is 0 Å². The number of rotatable bonds is 4. The molecule has 134 valence electrons. The molecule has 1 unspecified atom stereocenters. The molecule has 1 heterocycles. The van der Waals surface area contributed by atoms with Crippen LogP contribution in [0.5, 0.6) is 0 Å². The Kier molecular flexibility index (Phi) is 4.58. The van der Waals surface area contributed by atoms with E-state index in [-0.39, 0.29) is 12.1 Å². The van der Waals surface area contributed by atoms with E-state index in [9.17, 15) is 4.79 Å². The molecule has 0 fully saturated rings. The van der Waals surface area contributed by atoms with Crippen LogP contribution >= 0.6 is 0 Å². The Morgan fingerprint density at radius 1 is 0.963 bits per heavy atom. The van der Waals surface area contributed by atoms with E-state index < -0.39 is 0 Å². The molecule has 0 aliphatic heterocycles. The number of anilines is 1. The molecule has 1 atom stereocenters. The van der Waals surface area contributed by atoms with Crippen molar-refractivity contribution in [3.8, 4) is 0 Å². The lowest BCUT2D eigenvalue weighted by molar-refractivity contribution is 0.249. The van der Waals surface area contributed by atoms with Gasteiger partial charge in [-0.05, 0) is 17.0 Å². The predicted molar refractivity (Wildman–Crippen MR) is 108 cm³/mol. The number of aryl methyl sites for hydroxylation is 1. The first kappa shape index (κ1) is 16.8. The number of amides is 2. The molecule has 1 aromatic heterocycles. The summed E-state index contributed by atoms with van der Waals surface area (Å²) in [5.74, 6) is 0.772. The van der Waals surface area contributed by atoms with Gasteiger partial charge in [-0.25, -0.2) is 9.78 Å². The Balaban J connectivity index is 1.61. The topological polar surface area (TPSA) is 59.0 Å². The first-order valence-electron chi connectivity index (χ1n) is 8.80. The van der Waals surface area contributed by atoms with E-state index in [0.717, 1.165) is 27.8 Å². The maximum atomic E-state index is 12.8. The Morgan fingerprint density at radius 2 is 1.70 bits per heavy atom. The summed E-state index contributed by atoms with van der Waals surface area (Å²) in [5, 5.41) is 8.12. The summed E-state index contributed by atoms with van der Waals surface area (Å²) in [6, 6.07) is 23.0. The third-order valence-corrected chi connectivity index (χ3v) is 4.56. The highest BCUT2D eigenvalue weighted by Crippen LogP contribution is 2.24. The summed E-state index contributed by atoms with van der Waals surface area (Å²) in [6.45, 7) is 0. The molecule has 0 bridgehead atoms. The van der Waals surface area contributed by atoms with Crippen LogP contribution in [0.2, 0.25) is 0 Å². The molecule has 27 heavy (non-hydrogen) atoms. The molecule has 0 spiro atoms. The SMILES string of the molecule is Cn1ccnc1C(NC(=O)Nc1cccc2ccccc12)c1ccccc1. The molecule has 5 heteroatoms. The monoisotopic (exact) mass is 356 g/mol. The number of nitrogens with zero attached hydrogens (tertiary/aromatic N) is 2. The van der Waals surface area contributed by atoms with Gasteiger partial charge in [0.2, 0.25) is 0 Å². The lowest BCUT2D eigenvalue weighted by Gasteiger charge is -2.20. The Morgan fingerprint density at radius 3 is 2.48 bits per heavy atom. The van der Waals surface area contributed by atoms with Crippen molar-refractivity contribution >= 4 is 22.5 Å². The van der Waals surface area contributed by atoms with Crippen LogP contribution in [0.3, 0.4) is 0 Å². The Labute approximate surface area is 157 Å². The molecule has 0 aliphatic rings. The van der Waals surface area contributed by atoms with Crippen molar-refractivity contribution in [1.29, 1.82) is 0 Å². The normalized spacial score (nSPS) is 11.9. The second-order valence-corrected chi connectivity index (χ2v) is 6.37. The summed E-state index contributed by atoms with van der Waals surface area (Å²) in [4.78, 5) is 17.2. The van der Waals surface area contributed by atoms with Crippen molar-refractivity contribution in [3.63, 3.8) is 0 Å². The zero-order valence-electron chi connectivity index (χ0n) is 15.0. The predicted octanol–water partition coefficient (Wildman–Crippen LogP) is 4.48. The third kappa shape index (κ3) is 3.53. The number of imidazole rings is 1. The molecule has 0 aliphatic carbocycles. The van der Waals surface area contributed by atoms with Gasteiger partial charge in [-0.2, -0.15) is 0 Å². The van der Waals surface area contributed by atoms with Crippen molar-refractivity contribution in [2.75, 3.05) is 5.32 Å². The maximum absolute atomic E-state index is 12.8. The van der Waals surface area contributed by atoms with Crippen LogP contribution in [0, 0.1) is 0 Å². The van der Waals surface area contributed by atoms with Gasteiger partial charge in [-0.1, -0.05) is 66.7 Å². The van der Waals surface area contributed by atoms with E-state index in [4.69, 9.17) is 0 Å². The van der Waals surface area contributed by atoms with E-state index in [1.807, 2.05) is 90.6 Å². The number of nitrogens with one attached hydrogen (secondary N) is 2. The number of carbonyl (C=O) groups excluding carboxylic acids is 1. The number of aromatic nitrogens is 2. The summed E-state index contributed by atoms with van der Waals surface area (Å²) in [7, 11) is 1.92. The zero-order chi connectivity index (χ0) is 18.6. The average Bonchev–Trinajstić information content (AvgIpc) is 3.13. The summed E-state index contributed by atoms with van der Waals surface area (Å²) < 4.78 is 1.91. The van der Waals surface area contributed by atoms with Crippen LogP contribution < -0.4 is 10.6 Å². The summed E-state index contributed by atoms with van der Waals surface area (Å²) in [5.41, 5.74) is 1.75. The summed E-state index contributed by atoms with van der Waals surface area (Å²) in [6.07, 6.45) is 3.60. The maximum Gasteiger partial charge on any atom is 0.320 e. The first-order chi connectivity index (χ1) is 13.2. The molecule has 5 nitrogen and oxygen atoms in total. The van der Waals surface area contributed by atoms with Gasteiger partial charge >= 0.3 is 6.03 Å². The highest BCUT2D eigenvalue weighted by molar-refractivity contribution is 6.01. The number of hydrogen-bond acceptors (Lipinski definition) is 2. The highest BCUT2D eigenvalue weighted by Gasteiger charge is 2.20. The Hall–Kier alpha value is -3.60. The van der Waals surface area contributed by atoms with Gasteiger partial charge < -0.3 is 15.2 Å². The van der Waals surface area contributed by atoms with Crippen LogP contribution in [0.25, 0.3) is 10.8 Å². The number of hydrogen-bond donors (Lipinski definition) is 2. The molecule has 0 saturated heterocycles. The van der Waals surface area contributed by atoms with Gasteiger partial charge in [0, 0.05) is 24.8 Å². The number of benzene rings is 3.